The summed E-state index contributed by atoms with van der Waals surface area (Å²) in [5, 5.41) is 24.5. The van der Waals surface area contributed by atoms with Crippen LogP contribution in [0.4, 0.5) is 0 Å². The zero-order valence-corrected chi connectivity index (χ0v) is 24.8. The van der Waals surface area contributed by atoms with E-state index in [0.717, 1.165) is 64.2 Å². The van der Waals surface area contributed by atoms with Gasteiger partial charge in [0.2, 0.25) is 11.8 Å². The monoisotopic (exact) mass is 570 g/mol. The van der Waals surface area contributed by atoms with Crippen LogP contribution in [0.25, 0.3) is 0 Å². The molecule has 0 aromatic carbocycles. The van der Waals surface area contributed by atoms with Crippen molar-refractivity contribution >= 4 is 23.8 Å². The molecule has 1 aliphatic rings. The van der Waals surface area contributed by atoms with Crippen LogP contribution in [0.5, 0.6) is 0 Å². The number of nitrogens with one attached hydrogen (secondary N) is 2. The van der Waals surface area contributed by atoms with Gasteiger partial charge < -0.3 is 30.3 Å². The Labute approximate surface area is 240 Å². The third-order valence-corrected chi connectivity index (χ3v) is 7.26. The summed E-state index contributed by atoms with van der Waals surface area (Å²) >= 11 is 0. The Morgan fingerprint density at radius 2 is 0.900 bits per heavy atom. The van der Waals surface area contributed by atoms with Gasteiger partial charge in [-0.25, -0.2) is 9.59 Å². The number of esters is 2. The Kier molecular flexibility index (Phi) is 20.1. The number of cyclic esters (lactones) is 2. The normalized spacial score (nSPS) is 23.1. The number of ether oxygens (including phenoxy) is 2. The molecule has 0 aromatic rings. The highest BCUT2D eigenvalue weighted by atomic mass is 16.6. The number of amides is 2. The molecule has 0 aliphatic carbocycles. The number of carbonyl (C=O) groups is 4. The number of aliphatic hydroxyl groups is 2. The first-order valence-corrected chi connectivity index (χ1v) is 15.6. The second-order valence-corrected chi connectivity index (χ2v) is 11.0. The molecule has 2 unspecified atom stereocenters. The van der Waals surface area contributed by atoms with Crippen LogP contribution in [0.3, 0.4) is 0 Å². The molecule has 1 saturated heterocycles. The lowest BCUT2D eigenvalue weighted by Gasteiger charge is -2.25. The largest absolute Gasteiger partial charge is 0.460 e. The lowest BCUT2D eigenvalue weighted by Crippen LogP contribution is -2.49. The maximum atomic E-state index is 12.8. The van der Waals surface area contributed by atoms with Crippen molar-refractivity contribution in [3.63, 3.8) is 0 Å². The second-order valence-electron chi connectivity index (χ2n) is 11.0. The summed E-state index contributed by atoms with van der Waals surface area (Å²) in [5.41, 5.74) is 0. The fraction of sp³-hybridized carbons (Fsp3) is 0.867. The van der Waals surface area contributed by atoms with Crippen molar-refractivity contribution < 1.29 is 38.9 Å². The van der Waals surface area contributed by atoms with E-state index in [4.69, 9.17) is 9.47 Å². The zero-order chi connectivity index (χ0) is 29.6. The van der Waals surface area contributed by atoms with Crippen molar-refractivity contribution in [2.75, 3.05) is 13.2 Å². The van der Waals surface area contributed by atoms with Crippen LogP contribution in [0.1, 0.15) is 129 Å². The first-order valence-electron chi connectivity index (χ1n) is 15.6. The lowest BCUT2D eigenvalue weighted by molar-refractivity contribution is -0.160. The van der Waals surface area contributed by atoms with Gasteiger partial charge in [0, 0.05) is 0 Å². The molecule has 1 rings (SSSR count). The first kappa shape index (κ1) is 35.8. The van der Waals surface area contributed by atoms with Crippen molar-refractivity contribution in [2.24, 2.45) is 0 Å². The summed E-state index contributed by atoms with van der Waals surface area (Å²) in [6.07, 6.45) is 13.6. The third kappa shape index (κ3) is 16.2. The van der Waals surface area contributed by atoms with Gasteiger partial charge in [-0.15, -0.1) is 0 Å². The predicted octanol–water partition coefficient (Wildman–Crippen LogP) is 3.84. The van der Waals surface area contributed by atoms with Gasteiger partial charge in [0.25, 0.3) is 0 Å². The molecule has 0 spiro atoms. The summed E-state index contributed by atoms with van der Waals surface area (Å²) in [5.74, 6) is -2.73. The van der Waals surface area contributed by atoms with E-state index in [9.17, 15) is 29.4 Å². The minimum Gasteiger partial charge on any atom is -0.460 e. The van der Waals surface area contributed by atoms with E-state index in [0.29, 0.717) is 12.8 Å². The van der Waals surface area contributed by atoms with Gasteiger partial charge in [-0.05, 0) is 25.7 Å². The van der Waals surface area contributed by atoms with Gasteiger partial charge in [0.15, 0.2) is 12.1 Å². The van der Waals surface area contributed by atoms with E-state index < -0.39 is 61.3 Å². The van der Waals surface area contributed by atoms with Gasteiger partial charge in [-0.2, -0.15) is 0 Å². The fourth-order valence-electron chi connectivity index (χ4n) is 4.83. The van der Waals surface area contributed by atoms with Crippen molar-refractivity contribution in [3.05, 3.63) is 0 Å². The van der Waals surface area contributed by atoms with Gasteiger partial charge in [0.1, 0.15) is 12.2 Å². The van der Waals surface area contributed by atoms with Crippen molar-refractivity contribution in [2.45, 2.75) is 154 Å². The number of aliphatic hydroxyl groups excluding tert-OH is 2. The van der Waals surface area contributed by atoms with Crippen LogP contribution in [0.2, 0.25) is 0 Å². The van der Waals surface area contributed by atoms with Gasteiger partial charge >= 0.3 is 11.9 Å². The minimum absolute atomic E-state index is 0.209. The smallest absolute Gasteiger partial charge is 0.331 e. The van der Waals surface area contributed by atoms with Crippen LogP contribution in [0.15, 0.2) is 0 Å². The number of hydrogen-bond acceptors (Lipinski definition) is 8. The lowest BCUT2D eigenvalue weighted by atomic mass is 10.0. The molecule has 0 aromatic heterocycles. The summed E-state index contributed by atoms with van der Waals surface area (Å²) in [7, 11) is 0. The number of hydrogen-bond donors (Lipinski definition) is 4. The van der Waals surface area contributed by atoms with E-state index in [1.807, 2.05) is 0 Å². The molecule has 10 heteroatoms. The molecule has 1 aliphatic heterocycles. The molecule has 0 bridgehead atoms. The Bertz CT molecular complexity index is 672. The van der Waals surface area contributed by atoms with Crippen LogP contribution >= 0.6 is 0 Å². The fourth-order valence-corrected chi connectivity index (χ4v) is 4.83. The molecule has 2 amide bonds. The number of carbonyl (C=O) groups excluding carboxylic acids is 4. The number of rotatable bonds is 18. The molecule has 0 saturated carbocycles. The van der Waals surface area contributed by atoms with E-state index in [2.05, 4.69) is 24.5 Å². The second kappa shape index (κ2) is 22.5. The third-order valence-electron chi connectivity index (χ3n) is 7.26. The standard InChI is InChI=1S/C30H54N2O8/c1-3-5-7-9-11-13-15-17-23-19-27(35)31-26(22-34)30(38)40-24(18-16-14-12-10-8-6-4-2)20-28(36)32-25(21-33)29(37)39-23/h23-26,33-34H,3-22H2,1-2H3,(H,31,35)(H,32,36)/t23?,24?,25-,26-/m0/s1. The molecule has 0 radical (unpaired) electrons. The first-order chi connectivity index (χ1) is 19.3. The van der Waals surface area contributed by atoms with E-state index in [1.54, 1.807) is 0 Å². The molecule has 4 N–H and O–H groups in total. The van der Waals surface area contributed by atoms with Crippen LogP contribution < -0.4 is 10.6 Å². The highest BCUT2D eigenvalue weighted by Gasteiger charge is 2.31. The molecular formula is C30H54N2O8. The molecular weight excluding hydrogens is 516 g/mol. The van der Waals surface area contributed by atoms with Crippen molar-refractivity contribution in [1.82, 2.24) is 10.6 Å². The molecule has 232 valence electrons. The minimum atomic E-state index is -1.28. The summed E-state index contributed by atoms with van der Waals surface area (Å²) in [6, 6.07) is -2.56. The highest BCUT2D eigenvalue weighted by Crippen LogP contribution is 2.17. The Morgan fingerprint density at radius 3 is 1.23 bits per heavy atom. The molecule has 1 heterocycles. The quantitative estimate of drug-likeness (QED) is 0.143. The SMILES string of the molecule is CCCCCCCCCC1CC(=O)N[C@@H](CO)C(=O)OC(CCCCCCCCC)CC(=O)N[C@@H](CO)C(=O)O1. The Hall–Kier alpha value is -2.20. The average Bonchev–Trinajstić information content (AvgIpc) is 2.92. The molecule has 4 atom stereocenters. The average molecular weight is 571 g/mol. The van der Waals surface area contributed by atoms with Crippen molar-refractivity contribution in [3.8, 4) is 0 Å². The van der Waals surface area contributed by atoms with E-state index >= 15 is 0 Å². The molecule has 10 nitrogen and oxygen atoms in total. The maximum absolute atomic E-state index is 12.8. The molecule has 1 fully saturated rings. The van der Waals surface area contributed by atoms with E-state index in [1.165, 1.54) is 25.7 Å². The van der Waals surface area contributed by atoms with Crippen LogP contribution in [-0.4, -0.2) is 71.5 Å². The van der Waals surface area contributed by atoms with Gasteiger partial charge in [-0.3, -0.25) is 9.59 Å². The Balaban J connectivity index is 2.84. The topological polar surface area (TPSA) is 151 Å². The maximum Gasteiger partial charge on any atom is 0.331 e. The van der Waals surface area contributed by atoms with Crippen molar-refractivity contribution in [1.29, 1.82) is 0 Å². The van der Waals surface area contributed by atoms with E-state index in [-0.39, 0.29) is 12.8 Å². The summed E-state index contributed by atoms with van der Waals surface area (Å²) in [4.78, 5) is 51.1. The van der Waals surface area contributed by atoms with Gasteiger partial charge in [-0.1, -0.05) is 90.9 Å². The Morgan fingerprint density at radius 1 is 0.575 bits per heavy atom. The molecule has 40 heavy (non-hydrogen) atoms. The summed E-state index contributed by atoms with van der Waals surface area (Å²) in [6.45, 7) is 3.00. The van der Waals surface area contributed by atoms with Crippen LogP contribution in [-0.2, 0) is 28.7 Å². The van der Waals surface area contributed by atoms with Crippen LogP contribution in [0, 0.1) is 0 Å². The zero-order valence-electron chi connectivity index (χ0n) is 24.8. The number of unbranched alkanes of at least 4 members (excludes halogenated alkanes) is 12. The van der Waals surface area contributed by atoms with Gasteiger partial charge in [0.05, 0.1) is 26.1 Å². The predicted molar refractivity (Wildman–Crippen MR) is 152 cm³/mol. The summed E-state index contributed by atoms with van der Waals surface area (Å²) < 4.78 is 11.1. The highest BCUT2D eigenvalue weighted by molar-refractivity contribution is 5.87.